The van der Waals surface area contributed by atoms with Gasteiger partial charge < -0.3 is 9.64 Å². The average molecular weight is 370 g/mol. The van der Waals surface area contributed by atoms with Crippen molar-refractivity contribution in [3.8, 4) is 5.75 Å². The minimum atomic E-state index is 0.0488. The Morgan fingerprint density at radius 1 is 1.23 bits per heavy atom. The van der Waals surface area contributed by atoms with E-state index >= 15 is 0 Å². The Balaban J connectivity index is 1.60. The number of fused-ring (bicyclic) bond motifs is 1. The zero-order valence-corrected chi connectivity index (χ0v) is 16.0. The zero-order chi connectivity index (χ0) is 18.5. The van der Waals surface area contributed by atoms with Crippen molar-refractivity contribution in [2.75, 3.05) is 19.9 Å². The second-order valence-corrected chi connectivity index (χ2v) is 6.95. The fourth-order valence-corrected chi connectivity index (χ4v) is 3.36. The summed E-state index contributed by atoms with van der Waals surface area (Å²) < 4.78 is 5.25. The Hall–Kier alpha value is -2.54. The van der Waals surface area contributed by atoms with Crippen LogP contribution in [0.2, 0.25) is 0 Å². The van der Waals surface area contributed by atoms with E-state index in [0.29, 0.717) is 17.5 Å². The molecule has 2 aromatic carbocycles. The lowest BCUT2D eigenvalue weighted by Crippen LogP contribution is -2.27. The number of nitrogens with zero attached hydrogens (tertiary/aromatic N) is 3. The molecule has 1 N–H and O–H groups in total. The second kappa shape index (κ2) is 8.23. The van der Waals surface area contributed by atoms with Crippen molar-refractivity contribution < 1.29 is 9.53 Å². The van der Waals surface area contributed by atoms with Crippen molar-refractivity contribution in [2.45, 2.75) is 25.0 Å². The van der Waals surface area contributed by atoms with Crippen LogP contribution < -0.4 is 4.74 Å². The van der Waals surface area contributed by atoms with Gasteiger partial charge in [0, 0.05) is 20.0 Å². The molecule has 26 heavy (non-hydrogen) atoms. The molecule has 0 saturated heterocycles. The number of ether oxygens (including phenoxy) is 1. The normalized spacial score (nSPS) is 10.9. The molecule has 136 valence electrons. The van der Waals surface area contributed by atoms with Crippen LogP contribution >= 0.6 is 11.8 Å². The standard InChI is InChI=1S/C19H22N4O2S/c1-4-17-20-19(22-21-17)26-12-18(24)23(2)11-13-5-6-15-10-16(25-3)8-7-14(15)9-13/h5-10H,4,11-12H2,1-3H3,(H,20,21,22). The number of amides is 1. The molecule has 6 nitrogen and oxygen atoms in total. The number of rotatable bonds is 7. The first-order valence-corrected chi connectivity index (χ1v) is 9.42. The van der Waals surface area contributed by atoms with Crippen molar-refractivity contribution in [3.63, 3.8) is 0 Å². The Kier molecular flexibility index (Phi) is 5.78. The number of aryl methyl sites for hydroxylation is 1. The molecule has 0 spiro atoms. The highest BCUT2D eigenvalue weighted by Gasteiger charge is 2.12. The topological polar surface area (TPSA) is 71.1 Å². The predicted molar refractivity (Wildman–Crippen MR) is 103 cm³/mol. The molecule has 7 heteroatoms. The molecule has 0 aliphatic carbocycles. The van der Waals surface area contributed by atoms with E-state index in [1.165, 1.54) is 11.8 Å². The number of benzene rings is 2. The van der Waals surface area contributed by atoms with Crippen LogP contribution in [0.5, 0.6) is 5.75 Å². The lowest BCUT2D eigenvalue weighted by Gasteiger charge is -2.17. The number of nitrogens with one attached hydrogen (secondary N) is 1. The van der Waals surface area contributed by atoms with Crippen LogP contribution in [0.15, 0.2) is 41.6 Å². The van der Waals surface area contributed by atoms with Crippen molar-refractivity contribution >= 4 is 28.4 Å². The van der Waals surface area contributed by atoms with Gasteiger partial charge in [-0.15, -0.1) is 5.10 Å². The number of hydrogen-bond donors (Lipinski definition) is 1. The molecule has 0 aliphatic heterocycles. The SMILES string of the molecule is CCc1nc(SCC(=O)N(C)Cc2ccc3cc(OC)ccc3c2)n[nH]1. The largest absolute Gasteiger partial charge is 0.497 e. The van der Waals surface area contributed by atoms with Gasteiger partial charge in [-0.2, -0.15) is 0 Å². The summed E-state index contributed by atoms with van der Waals surface area (Å²) in [5.74, 6) is 2.05. The second-order valence-electron chi connectivity index (χ2n) is 6.00. The molecule has 3 rings (SSSR count). The van der Waals surface area contributed by atoms with Gasteiger partial charge in [0.1, 0.15) is 11.6 Å². The third-order valence-electron chi connectivity index (χ3n) is 4.13. The highest BCUT2D eigenvalue weighted by Crippen LogP contribution is 2.22. The smallest absolute Gasteiger partial charge is 0.233 e. The van der Waals surface area contributed by atoms with Crippen molar-refractivity contribution in [1.82, 2.24) is 20.1 Å². The van der Waals surface area contributed by atoms with Gasteiger partial charge in [0.2, 0.25) is 11.1 Å². The summed E-state index contributed by atoms with van der Waals surface area (Å²) in [6.07, 6.45) is 0.801. The fourth-order valence-electron chi connectivity index (χ4n) is 2.60. The van der Waals surface area contributed by atoms with Gasteiger partial charge in [-0.1, -0.05) is 36.9 Å². The quantitative estimate of drug-likeness (QED) is 0.646. The monoisotopic (exact) mass is 370 g/mol. The molecular weight excluding hydrogens is 348 g/mol. The summed E-state index contributed by atoms with van der Waals surface area (Å²) in [6, 6.07) is 12.2. The van der Waals surface area contributed by atoms with Gasteiger partial charge in [-0.25, -0.2) is 4.98 Å². The molecule has 1 aromatic heterocycles. The summed E-state index contributed by atoms with van der Waals surface area (Å²) in [6.45, 7) is 2.57. The minimum absolute atomic E-state index is 0.0488. The Labute approximate surface area is 156 Å². The van der Waals surface area contributed by atoms with Crippen LogP contribution in [0.25, 0.3) is 10.8 Å². The van der Waals surface area contributed by atoms with Crippen LogP contribution in [0.1, 0.15) is 18.3 Å². The van der Waals surface area contributed by atoms with Gasteiger partial charge in [-0.05, 0) is 34.5 Å². The summed E-state index contributed by atoms with van der Waals surface area (Å²) in [5, 5.41) is 9.82. The number of carbonyl (C=O) groups excluding carboxylic acids is 1. The van der Waals surface area contributed by atoms with Gasteiger partial charge >= 0.3 is 0 Å². The predicted octanol–water partition coefficient (Wildman–Crippen LogP) is 3.28. The Morgan fingerprint density at radius 3 is 2.73 bits per heavy atom. The number of thioether (sulfide) groups is 1. The van der Waals surface area contributed by atoms with Crippen molar-refractivity contribution in [2.24, 2.45) is 0 Å². The molecule has 0 radical (unpaired) electrons. The van der Waals surface area contributed by atoms with Crippen LogP contribution in [0.3, 0.4) is 0 Å². The fraction of sp³-hybridized carbons (Fsp3) is 0.316. The van der Waals surface area contributed by atoms with Crippen LogP contribution in [-0.2, 0) is 17.8 Å². The van der Waals surface area contributed by atoms with Gasteiger partial charge in [0.25, 0.3) is 0 Å². The number of hydrogen-bond acceptors (Lipinski definition) is 5. The third kappa shape index (κ3) is 4.35. The number of aromatic nitrogens is 3. The van der Waals surface area contributed by atoms with E-state index in [9.17, 15) is 4.79 Å². The molecule has 0 saturated carbocycles. The maximum absolute atomic E-state index is 12.4. The first kappa shape index (κ1) is 18.3. The lowest BCUT2D eigenvalue weighted by molar-refractivity contribution is -0.127. The van der Waals surface area contributed by atoms with Crippen LogP contribution in [0, 0.1) is 0 Å². The van der Waals surface area contributed by atoms with Gasteiger partial charge in [0.15, 0.2) is 0 Å². The van der Waals surface area contributed by atoms with Crippen LogP contribution in [0.4, 0.5) is 0 Å². The third-order valence-corrected chi connectivity index (χ3v) is 4.96. The summed E-state index contributed by atoms with van der Waals surface area (Å²) in [7, 11) is 3.48. The molecule has 0 aliphatic rings. The van der Waals surface area contributed by atoms with Gasteiger partial charge in [-0.3, -0.25) is 9.89 Å². The Morgan fingerprint density at radius 2 is 2.00 bits per heavy atom. The number of H-pyrrole nitrogens is 1. The molecule has 3 aromatic rings. The molecule has 1 heterocycles. The van der Waals surface area contributed by atoms with E-state index in [1.54, 1.807) is 12.0 Å². The van der Waals surface area contributed by atoms with E-state index in [4.69, 9.17) is 4.74 Å². The molecule has 0 atom stereocenters. The van der Waals surface area contributed by atoms with E-state index in [1.807, 2.05) is 38.2 Å². The summed E-state index contributed by atoms with van der Waals surface area (Å²) in [5.41, 5.74) is 1.09. The van der Waals surface area contributed by atoms with E-state index in [-0.39, 0.29) is 5.91 Å². The first-order chi connectivity index (χ1) is 12.6. The molecular formula is C19H22N4O2S. The van der Waals surface area contributed by atoms with Gasteiger partial charge in [0.05, 0.1) is 12.9 Å². The maximum Gasteiger partial charge on any atom is 0.233 e. The number of aromatic amines is 1. The first-order valence-electron chi connectivity index (χ1n) is 8.43. The van der Waals surface area contributed by atoms with Crippen molar-refractivity contribution in [1.29, 1.82) is 0 Å². The summed E-state index contributed by atoms with van der Waals surface area (Å²) >= 11 is 1.35. The molecule has 0 fully saturated rings. The molecule has 1 amide bonds. The maximum atomic E-state index is 12.4. The average Bonchev–Trinajstić information content (AvgIpc) is 3.13. The van der Waals surface area contributed by atoms with E-state index in [0.717, 1.165) is 34.3 Å². The number of methoxy groups -OCH3 is 1. The lowest BCUT2D eigenvalue weighted by atomic mass is 10.1. The number of carbonyl (C=O) groups is 1. The zero-order valence-electron chi connectivity index (χ0n) is 15.2. The highest BCUT2D eigenvalue weighted by molar-refractivity contribution is 7.99. The molecule has 0 unspecified atom stereocenters. The molecule has 0 bridgehead atoms. The Bertz CT molecular complexity index is 909. The van der Waals surface area contributed by atoms with Crippen LogP contribution in [-0.4, -0.2) is 45.9 Å². The van der Waals surface area contributed by atoms with Crippen molar-refractivity contribution in [3.05, 3.63) is 47.8 Å². The minimum Gasteiger partial charge on any atom is -0.497 e. The summed E-state index contributed by atoms with van der Waals surface area (Å²) in [4.78, 5) is 18.4. The highest BCUT2D eigenvalue weighted by atomic mass is 32.2. The van der Waals surface area contributed by atoms with E-state index < -0.39 is 0 Å². The van der Waals surface area contributed by atoms with E-state index in [2.05, 4.69) is 27.3 Å².